The molecule has 88 valence electrons. The van der Waals surface area contributed by atoms with Crippen molar-refractivity contribution in [2.75, 3.05) is 14.2 Å². The Kier molecular flexibility index (Phi) is 3.41. The molecule has 0 saturated heterocycles. The molecule has 2 nitrogen and oxygen atoms in total. The van der Waals surface area contributed by atoms with Crippen molar-refractivity contribution in [3.8, 4) is 5.75 Å². The van der Waals surface area contributed by atoms with Gasteiger partial charge in [0.2, 0.25) is 0 Å². The highest BCUT2D eigenvalue weighted by atomic mass is 35.5. The quantitative estimate of drug-likeness (QED) is 0.871. The van der Waals surface area contributed by atoms with Crippen LogP contribution >= 0.6 is 11.6 Å². The summed E-state index contributed by atoms with van der Waals surface area (Å²) in [5.41, 5.74) is 1.26. The third kappa shape index (κ3) is 2.18. The Bertz CT molecular complexity index is 380. The molecule has 3 unspecified atom stereocenters. The maximum Gasteiger partial charge on any atom is 0.137 e. The molecule has 0 radical (unpaired) electrons. The van der Waals surface area contributed by atoms with E-state index in [1.54, 1.807) is 7.11 Å². The molecular weight excluding hydrogens is 222 g/mol. The van der Waals surface area contributed by atoms with Crippen molar-refractivity contribution in [3.05, 3.63) is 28.8 Å². The van der Waals surface area contributed by atoms with Crippen molar-refractivity contribution < 1.29 is 4.74 Å². The number of rotatable bonds is 4. The molecule has 1 saturated carbocycles. The number of nitrogens with one attached hydrogen (secondary N) is 1. The molecule has 0 aliphatic heterocycles. The molecule has 0 heterocycles. The molecule has 3 heteroatoms. The number of halogens is 1. The van der Waals surface area contributed by atoms with Crippen molar-refractivity contribution in [2.24, 2.45) is 11.8 Å². The van der Waals surface area contributed by atoms with Gasteiger partial charge in [-0.1, -0.05) is 24.6 Å². The maximum atomic E-state index is 6.02. The molecule has 16 heavy (non-hydrogen) atoms. The van der Waals surface area contributed by atoms with Gasteiger partial charge in [-0.15, -0.1) is 0 Å². The first-order valence-corrected chi connectivity index (χ1v) is 6.06. The van der Waals surface area contributed by atoms with Crippen molar-refractivity contribution in [1.82, 2.24) is 5.32 Å². The van der Waals surface area contributed by atoms with Gasteiger partial charge in [0.1, 0.15) is 5.75 Å². The van der Waals surface area contributed by atoms with Crippen molar-refractivity contribution >= 4 is 11.6 Å². The maximum absolute atomic E-state index is 6.02. The molecule has 2 rings (SSSR count). The summed E-state index contributed by atoms with van der Waals surface area (Å²) in [5, 5.41) is 4.05. The van der Waals surface area contributed by atoms with Gasteiger partial charge in [-0.25, -0.2) is 0 Å². The van der Waals surface area contributed by atoms with Gasteiger partial charge in [0, 0.05) is 6.04 Å². The second-order valence-electron chi connectivity index (χ2n) is 4.54. The van der Waals surface area contributed by atoms with Crippen LogP contribution in [0.1, 0.15) is 24.9 Å². The second kappa shape index (κ2) is 4.64. The van der Waals surface area contributed by atoms with Gasteiger partial charge in [0.15, 0.2) is 0 Å². The molecule has 0 spiro atoms. The lowest BCUT2D eigenvalue weighted by molar-refractivity contribution is 0.412. The lowest BCUT2D eigenvalue weighted by Gasteiger charge is -2.17. The predicted molar refractivity (Wildman–Crippen MR) is 67.1 cm³/mol. The lowest BCUT2D eigenvalue weighted by Crippen LogP contribution is -2.19. The highest BCUT2D eigenvalue weighted by molar-refractivity contribution is 6.32. The van der Waals surface area contributed by atoms with E-state index >= 15 is 0 Å². The van der Waals surface area contributed by atoms with Crippen LogP contribution in [-0.4, -0.2) is 14.2 Å². The molecular formula is C13H18ClNO. The molecule has 0 amide bonds. The highest BCUT2D eigenvalue weighted by Crippen LogP contribution is 2.47. The topological polar surface area (TPSA) is 21.3 Å². The van der Waals surface area contributed by atoms with Gasteiger partial charge < -0.3 is 10.1 Å². The van der Waals surface area contributed by atoms with Gasteiger partial charge in [0.05, 0.1) is 12.1 Å². The summed E-state index contributed by atoms with van der Waals surface area (Å²) >= 11 is 6.02. The molecule has 0 bridgehead atoms. The van der Waals surface area contributed by atoms with Crippen LogP contribution in [0, 0.1) is 11.8 Å². The van der Waals surface area contributed by atoms with Crippen LogP contribution < -0.4 is 10.1 Å². The minimum absolute atomic E-state index is 0.418. The number of hydrogen-bond donors (Lipinski definition) is 1. The fraction of sp³-hybridized carbons (Fsp3) is 0.538. The SMILES string of the molecule is CNC(c1ccc(Cl)c(OC)c1)C1CC1C. The van der Waals surface area contributed by atoms with Crippen LogP contribution in [0.25, 0.3) is 0 Å². The fourth-order valence-corrected chi connectivity index (χ4v) is 2.51. The molecule has 1 N–H and O–H groups in total. The highest BCUT2D eigenvalue weighted by Gasteiger charge is 2.39. The summed E-state index contributed by atoms with van der Waals surface area (Å²) in [7, 11) is 3.66. The molecule has 1 aliphatic rings. The van der Waals surface area contributed by atoms with Crippen LogP contribution in [0.15, 0.2) is 18.2 Å². The minimum atomic E-state index is 0.418. The fourth-order valence-electron chi connectivity index (χ4n) is 2.31. The standard InChI is InChI=1S/C13H18ClNO/c1-8-6-10(8)13(15-2)9-4-5-11(14)12(7-9)16-3/h4-5,7-8,10,13,15H,6H2,1-3H3. The number of ether oxygens (including phenoxy) is 1. The molecule has 1 fully saturated rings. The van der Waals surface area contributed by atoms with Crippen molar-refractivity contribution in [3.63, 3.8) is 0 Å². The first kappa shape index (κ1) is 11.7. The summed E-state index contributed by atoms with van der Waals surface area (Å²) in [6.45, 7) is 2.29. The zero-order valence-electron chi connectivity index (χ0n) is 9.96. The summed E-state index contributed by atoms with van der Waals surface area (Å²) in [5.74, 6) is 2.32. The summed E-state index contributed by atoms with van der Waals surface area (Å²) < 4.78 is 5.25. The number of methoxy groups -OCH3 is 1. The van der Waals surface area contributed by atoms with E-state index in [9.17, 15) is 0 Å². The molecule has 1 aliphatic carbocycles. The minimum Gasteiger partial charge on any atom is -0.495 e. The lowest BCUT2D eigenvalue weighted by atomic mass is 10.0. The molecule has 3 atom stereocenters. The van der Waals surface area contributed by atoms with Crippen LogP contribution in [-0.2, 0) is 0 Å². The first-order valence-electron chi connectivity index (χ1n) is 5.68. The van der Waals surface area contributed by atoms with Gasteiger partial charge >= 0.3 is 0 Å². The van der Waals surface area contributed by atoms with Crippen molar-refractivity contribution in [2.45, 2.75) is 19.4 Å². The van der Waals surface area contributed by atoms with Gasteiger partial charge in [0.25, 0.3) is 0 Å². The summed E-state index contributed by atoms with van der Waals surface area (Å²) in [6.07, 6.45) is 1.30. The molecule has 1 aromatic carbocycles. The third-order valence-corrected chi connectivity index (χ3v) is 3.76. The van der Waals surface area contributed by atoms with E-state index in [4.69, 9.17) is 16.3 Å². The Morgan fingerprint density at radius 1 is 1.50 bits per heavy atom. The summed E-state index contributed by atoms with van der Waals surface area (Å²) in [4.78, 5) is 0. The Morgan fingerprint density at radius 2 is 2.19 bits per heavy atom. The van der Waals surface area contributed by atoms with Gasteiger partial charge in [-0.2, -0.15) is 0 Å². The van der Waals surface area contributed by atoms with E-state index in [-0.39, 0.29) is 0 Å². The Morgan fingerprint density at radius 3 is 2.69 bits per heavy atom. The average molecular weight is 240 g/mol. The zero-order chi connectivity index (χ0) is 11.7. The van der Waals surface area contributed by atoms with Crippen LogP contribution in [0.5, 0.6) is 5.75 Å². The van der Waals surface area contributed by atoms with Gasteiger partial charge in [-0.05, 0) is 43.0 Å². The smallest absolute Gasteiger partial charge is 0.137 e. The van der Waals surface area contributed by atoms with Gasteiger partial charge in [-0.3, -0.25) is 0 Å². The third-order valence-electron chi connectivity index (χ3n) is 3.45. The molecule has 1 aromatic rings. The van der Waals surface area contributed by atoms with E-state index in [0.29, 0.717) is 11.1 Å². The van der Waals surface area contributed by atoms with E-state index < -0.39 is 0 Å². The first-order chi connectivity index (χ1) is 7.67. The number of benzene rings is 1. The summed E-state index contributed by atoms with van der Waals surface area (Å²) in [6, 6.07) is 6.44. The van der Waals surface area contributed by atoms with E-state index in [2.05, 4.69) is 18.3 Å². The monoisotopic (exact) mass is 239 g/mol. The average Bonchev–Trinajstić information content (AvgIpc) is 2.99. The van der Waals surface area contributed by atoms with Crippen LogP contribution in [0.2, 0.25) is 5.02 Å². The molecule has 0 aromatic heterocycles. The van der Waals surface area contributed by atoms with E-state index in [0.717, 1.165) is 17.6 Å². The van der Waals surface area contributed by atoms with Crippen LogP contribution in [0.3, 0.4) is 0 Å². The Balaban J connectivity index is 2.24. The largest absolute Gasteiger partial charge is 0.495 e. The van der Waals surface area contributed by atoms with E-state index in [1.807, 2.05) is 19.2 Å². The Hall–Kier alpha value is -0.730. The normalized spacial score (nSPS) is 25.2. The predicted octanol–water partition coefficient (Wildman–Crippen LogP) is 3.27. The second-order valence-corrected chi connectivity index (χ2v) is 4.94. The van der Waals surface area contributed by atoms with E-state index in [1.165, 1.54) is 12.0 Å². The zero-order valence-corrected chi connectivity index (χ0v) is 10.7. The Labute approximate surface area is 102 Å². The van der Waals surface area contributed by atoms with Crippen LogP contribution in [0.4, 0.5) is 0 Å². The number of hydrogen-bond acceptors (Lipinski definition) is 2. The van der Waals surface area contributed by atoms with Crippen molar-refractivity contribution in [1.29, 1.82) is 0 Å².